The van der Waals surface area contributed by atoms with Crippen molar-refractivity contribution in [1.29, 1.82) is 0 Å². The van der Waals surface area contributed by atoms with E-state index in [-0.39, 0.29) is 0 Å². The van der Waals surface area contributed by atoms with Crippen LogP contribution in [0.5, 0.6) is 0 Å². The van der Waals surface area contributed by atoms with Gasteiger partial charge in [0.1, 0.15) is 0 Å². The smallest absolute Gasteiger partial charge is 0.0261 e. The third kappa shape index (κ3) is 1.48. The minimum absolute atomic E-state index is 0.448. The van der Waals surface area contributed by atoms with E-state index in [1.54, 1.807) is 0 Å². The standard InChI is InChI=1S/C15H25N/c1-12-9-15(11-13(2,3)4)8-7-14(5-6-14)16(15)10-12/h1,5-11H2,2-4H3. The van der Waals surface area contributed by atoms with E-state index in [1.807, 2.05) is 0 Å². The van der Waals surface area contributed by atoms with Crippen LogP contribution in [0.1, 0.15) is 59.3 Å². The molecule has 1 aliphatic carbocycles. The highest BCUT2D eigenvalue weighted by molar-refractivity contribution is 5.26. The van der Waals surface area contributed by atoms with Crippen LogP contribution >= 0.6 is 0 Å². The number of hydrogen-bond acceptors (Lipinski definition) is 1. The highest BCUT2D eigenvalue weighted by atomic mass is 15.3. The van der Waals surface area contributed by atoms with E-state index in [1.165, 1.54) is 50.6 Å². The second kappa shape index (κ2) is 2.93. The van der Waals surface area contributed by atoms with E-state index in [4.69, 9.17) is 0 Å². The van der Waals surface area contributed by atoms with Gasteiger partial charge in [-0.3, -0.25) is 4.90 Å². The molecule has 3 fully saturated rings. The first kappa shape index (κ1) is 10.8. The molecule has 1 nitrogen and oxygen atoms in total. The van der Waals surface area contributed by atoms with Crippen molar-refractivity contribution in [1.82, 2.24) is 4.90 Å². The molecular weight excluding hydrogens is 194 g/mol. The van der Waals surface area contributed by atoms with E-state index >= 15 is 0 Å². The molecule has 3 rings (SSSR count). The molecule has 1 heteroatoms. The van der Waals surface area contributed by atoms with Crippen molar-refractivity contribution < 1.29 is 0 Å². The zero-order valence-corrected chi connectivity index (χ0v) is 11.1. The molecule has 1 saturated carbocycles. The second-order valence-corrected chi connectivity index (χ2v) is 7.70. The quantitative estimate of drug-likeness (QED) is 0.607. The Bertz CT molecular complexity index is 332. The summed E-state index contributed by atoms with van der Waals surface area (Å²) in [5.74, 6) is 0. The van der Waals surface area contributed by atoms with Gasteiger partial charge in [-0.05, 0) is 43.9 Å². The molecule has 1 spiro atoms. The number of rotatable bonds is 1. The zero-order valence-electron chi connectivity index (χ0n) is 11.1. The van der Waals surface area contributed by atoms with Crippen molar-refractivity contribution in [2.24, 2.45) is 5.41 Å². The van der Waals surface area contributed by atoms with Crippen molar-refractivity contribution in [3.05, 3.63) is 12.2 Å². The molecule has 2 aliphatic heterocycles. The molecule has 3 aliphatic rings. The Kier molecular flexibility index (Phi) is 1.98. The minimum atomic E-state index is 0.448. The molecule has 2 heterocycles. The summed E-state index contributed by atoms with van der Waals surface area (Å²) in [6.45, 7) is 12.6. The van der Waals surface area contributed by atoms with E-state index in [0.29, 0.717) is 16.5 Å². The number of nitrogens with zero attached hydrogens (tertiary/aromatic N) is 1. The highest BCUT2D eigenvalue weighted by Crippen LogP contribution is 2.61. The van der Waals surface area contributed by atoms with E-state index in [0.717, 1.165) is 0 Å². The van der Waals surface area contributed by atoms with Crippen molar-refractivity contribution in [3.63, 3.8) is 0 Å². The lowest BCUT2D eigenvalue weighted by molar-refractivity contribution is 0.0926. The Labute approximate surface area is 99.9 Å². The lowest BCUT2D eigenvalue weighted by Crippen LogP contribution is -2.45. The Hall–Kier alpha value is -0.300. The molecule has 16 heavy (non-hydrogen) atoms. The molecule has 0 aromatic rings. The lowest BCUT2D eigenvalue weighted by Gasteiger charge is -2.39. The fourth-order valence-electron chi connectivity index (χ4n) is 4.40. The predicted octanol–water partition coefficient (Wildman–Crippen LogP) is 3.75. The van der Waals surface area contributed by atoms with Gasteiger partial charge >= 0.3 is 0 Å². The van der Waals surface area contributed by atoms with Crippen molar-refractivity contribution in [3.8, 4) is 0 Å². The van der Waals surface area contributed by atoms with E-state index in [2.05, 4.69) is 32.3 Å². The van der Waals surface area contributed by atoms with Crippen LogP contribution in [-0.4, -0.2) is 22.5 Å². The molecule has 1 unspecified atom stereocenters. The number of hydrogen-bond donors (Lipinski definition) is 0. The van der Waals surface area contributed by atoms with Gasteiger partial charge in [-0.25, -0.2) is 0 Å². The summed E-state index contributed by atoms with van der Waals surface area (Å²) in [7, 11) is 0. The molecule has 0 aromatic carbocycles. The van der Waals surface area contributed by atoms with Crippen LogP contribution in [0.4, 0.5) is 0 Å². The normalized spacial score (nSPS) is 37.1. The summed E-state index contributed by atoms with van der Waals surface area (Å²) < 4.78 is 0. The van der Waals surface area contributed by atoms with Gasteiger partial charge in [0.25, 0.3) is 0 Å². The van der Waals surface area contributed by atoms with Crippen LogP contribution in [0, 0.1) is 5.41 Å². The third-order valence-electron chi connectivity index (χ3n) is 4.85. The van der Waals surface area contributed by atoms with Crippen LogP contribution in [0.2, 0.25) is 0 Å². The molecule has 90 valence electrons. The first-order valence-corrected chi connectivity index (χ1v) is 6.80. The molecular formula is C15H25N. The van der Waals surface area contributed by atoms with Gasteiger partial charge in [-0.2, -0.15) is 0 Å². The molecule has 0 bridgehead atoms. The maximum absolute atomic E-state index is 4.26. The van der Waals surface area contributed by atoms with Crippen molar-refractivity contribution >= 4 is 0 Å². The Morgan fingerprint density at radius 1 is 1.19 bits per heavy atom. The largest absolute Gasteiger partial charge is 0.288 e. The summed E-state index contributed by atoms with van der Waals surface area (Å²) >= 11 is 0. The van der Waals surface area contributed by atoms with E-state index < -0.39 is 0 Å². The average molecular weight is 219 g/mol. The fraction of sp³-hybridized carbons (Fsp3) is 0.867. The maximum atomic E-state index is 4.26. The van der Waals surface area contributed by atoms with Gasteiger partial charge in [-0.1, -0.05) is 32.9 Å². The molecule has 0 amide bonds. The second-order valence-electron chi connectivity index (χ2n) is 7.70. The topological polar surface area (TPSA) is 3.24 Å². The third-order valence-corrected chi connectivity index (χ3v) is 4.85. The van der Waals surface area contributed by atoms with Gasteiger partial charge < -0.3 is 0 Å². The van der Waals surface area contributed by atoms with Gasteiger partial charge in [-0.15, -0.1) is 0 Å². The van der Waals surface area contributed by atoms with Crippen molar-refractivity contribution in [2.45, 2.75) is 70.4 Å². The van der Waals surface area contributed by atoms with Crippen molar-refractivity contribution in [2.75, 3.05) is 6.54 Å². The van der Waals surface area contributed by atoms with Gasteiger partial charge in [0, 0.05) is 17.6 Å². The zero-order chi connectivity index (χ0) is 11.6. The summed E-state index contributed by atoms with van der Waals surface area (Å²) in [5.41, 5.74) is 3.05. The van der Waals surface area contributed by atoms with Crippen LogP contribution in [0.15, 0.2) is 12.2 Å². The summed E-state index contributed by atoms with van der Waals surface area (Å²) in [6.07, 6.45) is 8.39. The highest BCUT2D eigenvalue weighted by Gasteiger charge is 2.63. The molecule has 0 radical (unpaired) electrons. The van der Waals surface area contributed by atoms with Gasteiger partial charge in [0.05, 0.1) is 0 Å². The summed E-state index contributed by atoms with van der Waals surface area (Å²) in [4.78, 5) is 2.85. The van der Waals surface area contributed by atoms with Crippen LogP contribution in [0.3, 0.4) is 0 Å². The SMILES string of the molecule is C=C1CN2C3(CC3)CCC2(CC(C)(C)C)C1. The van der Waals surface area contributed by atoms with Gasteiger partial charge in [0.15, 0.2) is 0 Å². The Balaban J connectivity index is 1.89. The molecule has 0 N–H and O–H groups in total. The molecule has 1 atom stereocenters. The summed E-state index contributed by atoms with van der Waals surface area (Å²) in [5, 5.41) is 0. The average Bonchev–Trinajstić information content (AvgIpc) is 2.76. The molecule has 2 saturated heterocycles. The minimum Gasteiger partial charge on any atom is -0.288 e. The lowest BCUT2D eigenvalue weighted by atomic mass is 9.77. The first-order chi connectivity index (χ1) is 7.35. The molecule has 0 aromatic heterocycles. The summed E-state index contributed by atoms with van der Waals surface area (Å²) in [6, 6.07) is 0. The monoisotopic (exact) mass is 219 g/mol. The van der Waals surface area contributed by atoms with Gasteiger partial charge in [0.2, 0.25) is 0 Å². The van der Waals surface area contributed by atoms with Crippen LogP contribution in [0.25, 0.3) is 0 Å². The van der Waals surface area contributed by atoms with Crippen LogP contribution < -0.4 is 0 Å². The van der Waals surface area contributed by atoms with E-state index in [9.17, 15) is 0 Å². The fourth-order valence-corrected chi connectivity index (χ4v) is 4.40. The number of fused-ring (bicyclic) bond motifs is 2. The first-order valence-electron chi connectivity index (χ1n) is 6.80. The maximum Gasteiger partial charge on any atom is 0.0261 e. The Morgan fingerprint density at radius 2 is 1.81 bits per heavy atom. The van der Waals surface area contributed by atoms with Crippen LogP contribution in [-0.2, 0) is 0 Å². The Morgan fingerprint density at radius 3 is 2.38 bits per heavy atom. The predicted molar refractivity (Wildman–Crippen MR) is 68.5 cm³/mol.